The normalized spacial score (nSPS) is 12.8. The van der Waals surface area contributed by atoms with Crippen LogP contribution in [0.3, 0.4) is 0 Å². The number of halogens is 1. The Kier molecular flexibility index (Phi) is 4.52. The van der Waals surface area contributed by atoms with Crippen LogP contribution in [0.25, 0.3) is 0 Å². The Morgan fingerprint density at radius 1 is 1.26 bits per heavy atom. The summed E-state index contributed by atoms with van der Waals surface area (Å²) in [6.45, 7) is 4.50. The first-order valence-electron chi connectivity index (χ1n) is 7.15. The van der Waals surface area contributed by atoms with Crippen LogP contribution < -0.4 is 4.80 Å². The van der Waals surface area contributed by atoms with Crippen LogP contribution in [-0.2, 0) is 6.54 Å². The van der Waals surface area contributed by atoms with Crippen molar-refractivity contribution in [3.8, 4) is 0 Å². The Labute approximate surface area is 137 Å². The Hall–Kier alpha value is -2.47. The van der Waals surface area contributed by atoms with Crippen LogP contribution in [0.1, 0.15) is 23.9 Å². The highest BCUT2D eigenvalue weighted by Gasteiger charge is 2.04. The van der Waals surface area contributed by atoms with Gasteiger partial charge in [-0.05, 0) is 43.7 Å². The maximum absolute atomic E-state index is 13.0. The summed E-state index contributed by atoms with van der Waals surface area (Å²) in [5.41, 5.74) is 2.68. The molecule has 0 bridgehead atoms. The van der Waals surface area contributed by atoms with E-state index in [2.05, 4.69) is 10.2 Å². The molecule has 118 valence electrons. The van der Waals surface area contributed by atoms with Gasteiger partial charge in [0.1, 0.15) is 11.6 Å². The van der Waals surface area contributed by atoms with Gasteiger partial charge in [-0.3, -0.25) is 0 Å². The third kappa shape index (κ3) is 3.65. The van der Waals surface area contributed by atoms with Gasteiger partial charge in [-0.2, -0.15) is 5.10 Å². The van der Waals surface area contributed by atoms with Crippen LogP contribution in [0.5, 0.6) is 0 Å². The predicted octanol–water partition coefficient (Wildman–Crippen LogP) is 3.96. The number of thiazole rings is 1. The second kappa shape index (κ2) is 6.75. The van der Waals surface area contributed by atoms with E-state index in [0.29, 0.717) is 6.54 Å². The molecule has 2 aromatic heterocycles. The SMILES string of the molecule is CC(=NN=c1scc(C)n1Cc1ccco1)c1ccc(F)cc1. The largest absolute Gasteiger partial charge is 0.467 e. The molecule has 3 aromatic rings. The lowest BCUT2D eigenvalue weighted by Gasteiger charge is -2.02. The van der Waals surface area contributed by atoms with Crippen LogP contribution in [0.15, 0.2) is 62.7 Å². The summed E-state index contributed by atoms with van der Waals surface area (Å²) in [7, 11) is 0. The van der Waals surface area contributed by atoms with Crippen molar-refractivity contribution in [1.82, 2.24) is 4.57 Å². The minimum atomic E-state index is -0.260. The van der Waals surface area contributed by atoms with Crippen molar-refractivity contribution in [2.24, 2.45) is 10.2 Å². The fourth-order valence-corrected chi connectivity index (χ4v) is 2.94. The van der Waals surface area contributed by atoms with Crippen LogP contribution in [0.2, 0.25) is 0 Å². The van der Waals surface area contributed by atoms with E-state index in [0.717, 1.165) is 27.5 Å². The fourth-order valence-electron chi connectivity index (χ4n) is 2.11. The third-order valence-electron chi connectivity index (χ3n) is 3.43. The molecule has 0 fully saturated rings. The number of nitrogens with zero attached hydrogens (tertiary/aromatic N) is 3. The molecule has 2 heterocycles. The fraction of sp³-hybridized carbons (Fsp3) is 0.176. The molecule has 0 unspecified atom stereocenters. The van der Waals surface area contributed by atoms with E-state index in [4.69, 9.17) is 4.42 Å². The summed E-state index contributed by atoms with van der Waals surface area (Å²) in [5, 5.41) is 10.6. The van der Waals surface area contributed by atoms with Gasteiger partial charge in [-0.15, -0.1) is 16.4 Å². The minimum absolute atomic E-state index is 0.260. The standard InChI is InChI=1S/C17H16FN3OS/c1-12-11-23-17(21(12)10-16-4-3-9-22-16)20-19-13(2)14-5-7-15(18)8-6-14/h3-9,11H,10H2,1-2H3. The Balaban J connectivity index is 1.90. The van der Waals surface area contributed by atoms with Crippen molar-refractivity contribution in [1.29, 1.82) is 0 Å². The second-order valence-corrected chi connectivity index (χ2v) is 5.95. The van der Waals surface area contributed by atoms with Crippen molar-refractivity contribution in [3.05, 3.63) is 75.7 Å². The van der Waals surface area contributed by atoms with E-state index >= 15 is 0 Å². The number of hydrogen-bond donors (Lipinski definition) is 0. The molecule has 1 aromatic carbocycles. The summed E-state index contributed by atoms with van der Waals surface area (Å²) < 4.78 is 20.4. The zero-order valence-electron chi connectivity index (χ0n) is 12.9. The zero-order valence-corrected chi connectivity index (χ0v) is 13.7. The van der Waals surface area contributed by atoms with Crippen molar-refractivity contribution in [2.75, 3.05) is 0 Å². The summed E-state index contributed by atoms with van der Waals surface area (Å²) in [6.07, 6.45) is 1.66. The summed E-state index contributed by atoms with van der Waals surface area (Å²) in [5.74, 6) is 0.607. The van der Waals surface area contributed by atoms with Gasteiger partial charge < -0.3 is 8.98 Å². The second-order valence-electron chi connectivity index (χ2n) is 5.12. The van der Waals surface area contributed by atoms with Crippen molar-refractivity contribution in [2.45, 2.75) is 20.4 Å². The van der Waals surface area contributed by atoms with Gasteiger partial charge in [-0.1, -0.05) is 12.1 Å². The highest BCUT2D eigenvalue weighted by molar-refractivity contribution is 7.07. The highest BCUT2D eigenvalue weighted by Crippen LogP contribution is 2.08. The van der Waals surface area contributed by atoms with Gasteiger partial charge >= 0.3 is 0 Å². The first-order chi connectivity index (χ1) is 11.1. The quantitative estimate of drug-likeness (QED) is 0.528. The first-order valence-corrected chi connectivity index (χ1v) is 8.03. The Morgan fingerprint density at radius 2 is 2.04 bits per heavy atom. The molecule has 0 aliphatic carbocycles. The Morgan fingerprint density at radius 3 is 2.74 bits per heavy atom. The van der Waals surface area contributed by atoms with Crippen molar-refractivity contribution >= 4 is 17.0 Å². The average Bonchev–Trinajstić information content (AvgIpc) is 3.18. The number of rotatable bonds is 4. The van der Waals surface area contributed by atoms with Crippen LogP contribution in [0.4, 0.5) is 4.39 Å². The van der Waals surface area contributed by atoms with Crippen LogP contribution in [-0.4, -0.2) is 10.3 Å². The van der Waals surface area contributed by atoms with Gasteiger partial charge in [0.2, 0.25) is 4.80 Å². The summed E-state index contributed by atoms with van der Waals surface area (Å²) in [6, 6.07) is 10.0. The molecule has 0 saturated carbocycles. The Bertz CT molecular complexity index is 873. The van der Waals surface area contributed by atoms with Gasteiger partial charge in [0, 0.05) is 11.1 Å². The molecular weight excluding hydrogens is 313 g/mol. The molecule has 0 amide bonds. The topological polar surface area (TPSA) is 42.8 Å². The van der Waals surface area contributed by atoms with E-state index in [9.17, 15) is 4.39 Å². The lowest BCUT2D eigenvalue weighted by molar-refractivity contribution is 0.488. The average molecular weight is 329 g/mol. The minimum Gasteiger partial charge on any atom is -0.467 e. The molecule has 6 heteroatoms. The molecule has 0 aliphatic rings. The van der Waals surface area contributed by atoms with E-state index < -0.39 is 0 Å². The molecule has 0 radical (unpaired) electrons. The predicted molar refractivity (Wildman–Crippen MR) is 89.0 cm³/mol. The molecular formula is C17H16FN3OS. The molecule has 3 rings (SSSR count). The number of benzene rings is 1. The van der Waals surface area contributed by atoms with Crippen molar-refractivity contribution in [3.63, 3.8) is 0 Å². The zero-order chi connectivity index (χ0) is 16.2. The molecule has 0 spiro atoms. The van der Waals surface area contributed by atoms with Crippen molar-refractivity contribution < 1.29 is 8.81 Å². The molecule has 0 saturated heterocycles. The highest BCUT2D eigenvalue weighted by atomic mass is 32.1. The van der Waals surface area contributed by atoms with Gasteiger partial charge in [0.15, 0.2) is 0 Å². The van der Waals surface area contributed by atoms with E-state index in [1.54, 1.807) is 18.4 Å². The first kappa shape index (κ1) is 15.4. The van der Waals surface area contributed by atoms with Gasteiger partial charge in [0.25, 0.3) is 0 Å². The molecule has 4 nitrogen and oxygen atoms in total. The molecule has 23 heavy (non-hydrogen) atoms. The number of hydrogen-bond acceptors (Lipinski definition) is 4. The van der Waals surface area contributed by atoms with E-state index in [1.165, 1.54) is 23.5 Å². The number of furan rings is 1. The lowest BCUT2D eigenvalue weighted by atomic mass is 10.1. The monoisotopic (exact) mass is 329 g/mol. The van der Waals surface area contributed by atoms with Crippen LogP contribution in [0, 0.1) is 12.7 Å². The lowest BCUT2D eigenvalue weighted by Crippen LogP contribution is -2.16. The van der Waals surface area contributed by atoms with Gasteiger partial charge in [-0.25, -0.2) is 4.39 Å². The van der Waals surface area contributed by atoms with Gasteiger partial charge in [0.05, 0.1) is 18.5 Å². The molecule has 0 atom stereocenters. The maximum Gasteiger partial charge on any atom is 0.211 e. The van der Waals surface area contributed by atoms with Crippen LogP contribution >= 0.6 is 11.3 Å². The number of aryl methyl sites for hydroxylation is 1. The smallest absolute Gasteiger partial charge is 0.211 e. The summed E-state index contributed by atoms with van der Waals surface area (Å²) in [4.78, 5) is 0.792. The van der Waals surface area contributed by atoms with E-state index in [1.807, 2.05) is 35.9 Å². The molecule has 0 aliphatic heterocycles. The number of aromatic nitrogens is 1. The third-order valence-corrected chi connectivity index (χ3v) is 4.40. The molecule has 0 N–H and O–H groups in total. The van der Waals surface area contributed by atoms with E-state index in [-0.39, 0.29) is 5.82 Å². The maximum atomic E-state index is 13.0. The summed E-state index contributed by atoms with van der Waals surface area (Å²) >= 11 is 1.53.